The molecule has 0 bridgehead atoms. The molecule has 0 radical (unpaired) electrons. The number of aliphatic hydroxyl groups excluding tert-OH is 1. The molecule has 1 aliphatic heterocycles. The predicted molar refractivity (Wildman–Crippen MR) is 73.1 cm³/mol. The second-order valence-electron chi connectivity index (χ2n) is 5.64. The van der Waals surface area contributed by atoms with E-state index in [9.17, 15) is 5.11 Å². The van der Waals surface area contributed by atoms with Gasteiger partial charge in [0.05, 0.1) is 6.10 Å². The normalized spacial score (nSPS) is 35.3. The predicted octanol–water partition coefficient (Wildman–Crippen LogP) is 1.76. The summed E-state index contributed by atoms with van der Waals surface area (Å²) in [6, 6.07) is 1.54. The van der Waals surface area contributed by atoms with E-state index in [2.05, 4.69) is 38.3 Å². The average Bonchev–Trinajstić information content (AvgIpc) is 2.29. The highest BCUT2D eigenvalue weighted by Gasteiger charge is 2.33. The van der Waals surface area contributed by atoms with Crippen molar-refractivity contribution < 1.29 is 5.11 Å². The summed E-state index contributed by atoms with van der Waals surface area (Å²) in [5.41, 5.74) is 0. The molecule has 3 nitrogen and oxygen atoms in total. The summed E-state index contributed by atoms with van der Waals surface area (Å²) in [6.45, 7) is 11.8. The van der Waals surface area contributed by atoms with Crippen molar-refractivity contribution >= 4 is 0 Å². The molecule has 0 aromatic carbocycles. The van der Waals surface area contributed by atoms with E-state index in [1.807, 2.05) is 6.92 Å². The van der Waals surface area contributed by atoms with E-state index in [-0.39, 0.29) is 6.10 Å². The van der Waals surface area contributed by atoms with Gasteiger partial charge in [0.2, 0.25) is 0 Å². The van der Waals surface area contributed by atoms with Crippen LogP contribution < -0.4 is 10.6 Å². The molecule has 0 aromatic heterocycles. The molecule has 0 aliphatic carbocycles. The second kappa shape index (κ2) is 6.72. The van der Waals surface area contributed by atoms with Gasteiger partial charge in [-0.15, -0.1) is 0 Å². The molecule has 1 heterocycles. The van der Waals surface area contributed by atoms with E-state index in [1.54, 1.807) is 0 Å². The fourth-order valence-corrected chi connectivity index (χ4v) is 3.19. The molecule has 102 valence electrons. The Morgan fingerprint density at radius 2 is 1.82 bits per heavy atom. The highest BCUT2D eigenvalue weighted by atomic mass is 16.3. The number of nitrogens with one attached hydrogen (secondary N) is 2. The Bertz CT molecular complexity index is 220. The van der Waals surface area contributed by atoms with Crippen molar-refractivity contribution in [3.05, 3.63) is 0 Å². The molecule has 6 unspecified atom stereocenters. The Morgan fingerprint density at radius 3 is 2.24 bits per heavy atom. The van der Waals surface area contributed by atoms with E-state index < -0.39 is 0 Å². The SMILES string of the molecule is CCC(C(C)O)C(CC)C1CNC(C)C(C)N1. The molecular formula is C14H30N2O. The third kappa shape index (κ3) is 3.67. The van der Waals surface area contributed by atoms with Crippen molar-refractivity contribution in [2.45, 2.75) is 71.7 Å². The monoisotopic (exact) mass is 242 g/mol. The zero-order valence-corrected chi connectivity index (χ0v) is 12.0. The second-order valence-corrected chi connectivity index (χ2v) is 5.64. The lowest BCUT2D eigenvalue weighted by molar-refractivity contribution is 0.0582. The summed E-state index contributed by atoms with van der Waals surface area (Å²) < 4.78 is 0. The van der Waals surface area contributed by atoms with Crippen molar-refractivity contribution in [2.75, 3.05) is 6.54 Å². The standard InChI is InChI=1S/C14H30N2O/c1-6-12(11(5)17)13(7-2)14-8-15-9(3)10(4)16-14/h9-17H,6-8H2,1-5H3. The zero-order valence-electron chi connectivity index (χ0n) is 12.0. The number of hydrogen-bond donors (Lipinski definition) is 3. The van der Waals surface area contributed by atoms with Gasteiger partial charge in [-0.25, -0.2) is 0 Å². The molecule has 1 fully saturated rings. The van der Waals surface area contributed by atoms with Gasteiger partial charge in [-0.2, -0.15) is 0 Å². The van der Waals surface area contributed by atoms with E-state index >= 15 is 0 Å². The molecule has 1 rings (SSSR count). The van der Waals surface area contributed by atoms with Crippen LogP contribution in [0.2, 0.25) is 0 Å². The molecule has 6 atom stereocenters. The number of aliphatic hydroxyl groups is 1. The third-order valence-corrected chi connectivity index (χ3v) is 4.52. The molecule has 1 aliphatic rings. The first-order valence-electron chi connectivity index (χ1n) is 7.18. The molecule has 0 amide bonds. The van der Waals surface area contributed by atoms with Crippen LogP contribution in [0.3, 0.4) is 0 Å². The first-order valence-corrected chi connectivity index (χ1v) is 7.18. The summed E-state index contributed by atoms with van der Waals surface area (Å²) >= 11 is 0. The van der Waals surface area contributed by atoms with Gasteiger partial charge in [-0.3, -0.25) is 0 Å². The molecule has 0 aromatic rings. The summed E-state index contributed by atoms with van der Waals surface area (Å²) in [5.74, 6) is 0.961. The number of hydrogen-bond acceptors (Lipinski definition) is 3. The van der Waals surface area contributed by atoms with Gasteiger partial charge in [-0.1, -0.05) is 26.7 Å². The van der Waals surface area contributed by atoms with Crippen LogP contribution in [0.4, 0.5) is 0 Å². The highest BCUT2D eigenvalue weighted by Crippen LogP contribution is 2.27. The summed E-state index contributed by atoms with van der Waals surface area (Å²) in [7, 11) is 0. The van der Waals surface area contributed by atoms with E-state index in [0.29, 0.717) is 30.0 Å². The van der Waals surface area contributed by atoms with Crippen LogP contribution in [0.5, 0.6) is 0 Å². The van der Waals surface area contributed by atoms with Crippen LogP contribution >= 0.6 is 0 Å². The van der Waals surface area contributed by atoms with E-state index in [0.717, 1.165) is 19.4 Å². The topological polar surface area (TPSA) is 44.3 Å². The van der Waals surface area contributed by atoms with Gasteiger partial charge in [0.15, 0.2) is 0 Å². The van der Waals surface area contributed by atoms with Crippen LogP contribution in [0.25, 0.3) is 0 Å². The Hall–Kier alpha value is -0.120. The van der Waals surface area contributed by atoms with Crippen molar-refractivity contribution in [3.8, 4) is 0 Å². The minimum absolute atomic E-state index is 0.207. The average molecular weight is 242 g/mol. The van der Waals surface area contributed by atoms with Crippen molar-refractivity contribution in [1.29, 1.82) is 0 Å². The number of piperazine rings is 1. The fourth-order valence-electron chi connectivity index (χ4n) is 3.19. The summed E-state index contributed by atoms with van der Waals surface area (Å²) in [4.78, 5) is 0. The van der Waals surface area contributed by atoms with Crippen LogP contribution in [-0.4, -0.2) is 35.9 Å². The summed E-state index contributed by atoms with van der Waals surface area (Å²) in [6.07, 6.45) is 1.98. The maximum atomic E-state index is 9.91. The highest BCUT2D eigenvalue weighted by molar-refractivity contribution is 4.92. The molecule has 0 saturated carbocycles. The lowest BCUT2D eigenvalue weighted by Crippen LogP contribution is -2.61. The minimum Gasteiger partial charge on any atom is -0.393 e. The van der Waals surface area contributed by atoms with Crippen LogP contribution in [0, 0.1) is 11.8 Å². The molecule has 17 heavy (non-hydrogen) atoms. The Labute approximate surface area is 106 Å². The maximum absolute atomic E-state index is 9.91. The van der Waals surface area contributed by atoms with Crippen molar-refractivity contribution in [3.63, 3.8) is 0 Å². The lowest BCUT2D eigenvalue weighted by atomic mass is 9.78. The number of rotatable bonds is 5. The first kappa shape index (κ1) is 14.9. The first-order chi connectivity index (χ1) is 8.01. The van der Waals surface area contributed by atoms with Gasteiger partial charge in [0.25, 0.3) is 0 Å². The summed E-state index contributed by atoms with van der Waals surface area (Å²) in [5, 5.41) is 17.2. The van der Waals surface area contributed by atoms with Crippen LogP contribution in [0.15, 0.2) is 0 Å². The van der Waals surface area contributed by atoms with Gasteiger partial charge in [-0.05, 0) is 32.6 Å². The van der Waals surface area contributed by atoms with Crippen molar-refractivity contribution in [2.24, 2.45) is 11.8 Å². The molecule has 3 heteroatoms. The molecular weight excluding hydrogens is 212 g/mol. The fraction of sp³-hybridized carbons (Fsp3) is 1.00. The Balaban J connectivity index is 2.67. The third-order valence-electron chi connectivity index (χ3n) is 4.52. The van der Waals surface area contributed by atoms with Crippen molar-refractivity contribution in [1.82, 2.24) is 10.6 Å². The molecule has 0 spiro atoms. The maximum Gasteiger partial charge on any atom is 0.0543 e. The Morgan fingerprint density at radius 1 is 1.18 bits per heavy atom. The quantitative estimate of drug-likeness (QED) is 0.688. The smallest absolute Gasteiger partial charge is 0.0543 e. The van der Waals surface area contributed by atoms with E-state index in [1.165, 1.54) is 0 Å². The lowest BCUT2D eigenvalue weighted by Gasteiger charge is -2.42. The van der Waals surface area contributed by atoms with Gasteiger partial charge in [0, 0.05) is 24.7 Å². The van der Waals surface area contributed by atoms with Gasteiger partial charge < -0.3 is 15.7 Å². The van der Waals surface area contributed by atoms with Crippen LogP contribution in [0.1, 0.15) is 47.5 Å². The van der Waals surface area contributed by atoms with Gasteiger partial charge >= 0.3 is 0 Å². The van der Waals surface area contributed by atoms with Gasteiger partial charge in [0.1, 0.15) is 0 Å². The zero-order chi connectivity index (χ0) is 13.0. The Kier molecular flexibility index (Phi) is 5.90. The molecule has 3 N–H and O–H groups in total. The largest absolute Gasteiger partial charge is 0.393 e. The van der Waals surface area contributed by atoms with E-state index in [4.69, 9.17) is 0 Å². The molecule has 1 saturated heterocycles. The minimum atomic E-state index is -0.207. The van der Waals surface area contributed by atoms with Crippen LogP contribution in [-0.2, 0) is 0 Å².